The van der Waals surface area contributed by atoms with Gasteiger partial charge in [0.05, 0.1) is 11.6 Å². The predicted octanol–water partition coefficient (Wildman–Crippen LogP) is 5.22. The zero-order chi connectivity index (χ0) is 15.4. The maximum Gasteiger partial charge on any atom is 0.123 e. The molecule has 0 bridgehead atoms. The maximum absolute atomic E-state index is 8.85. The summed E-state index contributed by atoms with van der Waals surface area (Å²) in [6.45, 7) is 6.73. The van der Waals surface area contributed by atoms with Crippen molar-refractivity contribution >= 4 is 11.6 Å². The summed E-state index contributed by atoms with van der Waals surface area (Å²) in [6, 6.07) is 13.6. The first kappa shape index (κ1) is 15.4. The summed E-state index contributed by atoms with van der Waals surface area (Å²) in [7, 11) is 0. The van der Waals surface area contributed by atoms with E-state index in [1.54, 1.807) is 12.1 Å². The fourth-order valence-electron chi connectivity index (χ4n) is 2.13. The fourth-order valence-corrected chi connectivity index (χ4v) is 2.37. The van der Waals surface area contributed by atoms with Crippen molar-refractivity contribution in [1.29, 1.82) is 5.26 Å². The van der Waals surface area contributed by atoms with Crippen LogP contribution in [0, 0.1) is 18.3 Å². The number of rotatable bonds is 4. The predicted molar refractivity (Wildman–Crippen MR) is 85.8 cm³/mol. The molecule has 3 heteroatoms. The van der Waals surface area contributed by atoms with E-state index in [0.717, 1.165) is 11.3 Å². The highest BCUT2D eigenvalue weighted by atomic mass is 35.5. The first-order valence-electron chi connectivity index (χ1n) is 6.93. The smallest absolute Gasteiger partial charge is 0.123 e. The van der Waals surface area contributed by atoms with E-state index in [9.17, 15) is 0 Å². The maximum atomic E-state index is 8.85. The van der Waals surface area contributed by atoms with Crippen LogP contribution >= 0.6 is 11.6 Å². The van der Waals surface area contributed by atoms with Gasteiger partial charge < -0.3 is 4.74 Å². The van der Waals surface area contributed by atoms with E-state index in [-0.39, 0.29) is 0 Å². The van der Waals surface area contributed by atoms with Crippen molar-refractivity contribution in [2.45, 2.75) is 33.3 Å². The second kappa shape index (κ2) is 6.65. The number of nitriles is 1. The zero-order valence-electron chi connectivity index (χ0n) is 12.5. The molecule has 2 aromatic carbocycles. The van der Waals surface area contributed by atoms with Crippen LogP contribution in [-0.2, 0) is 6.61 Å². The van der Waals surface area contributed by atoms with Crippen LogP contribution in [0.25, 0.3) is 0 Å². The molecule has 21 heavy (non-hydrogen) atoms. The summed E-state index contributed by atoms with van der Waals surface area (Å²) in [5, 5.41) is 9.41. The van der Waals surface area contributed by atoms with E-state index in [0.29, 0.717) is 23.1 Å². The second-order valence-corrected chi connectivity index (χ2v) is 5.81. The number of hydrogen-bond donors (Lipinski definition) is 0. The number of benzene rings is 2. The molecule has 0 spiro atoms. The second-order valence-electron chi connectivity index (χ2n) is 5.40. The molecule has 0 saturated heterocycles. The number of aryl methyl sites for hydroxylation is 1. The number of halogens is 1. The molecule has 0 aliphatic carbocycles. The van der Waals surface area contributed by atoms with E-state index in [1.165, 1.54) is 11.1 Å². The number of ether oxygens (including phenoxy) is 1. The average Bonchev–Trinajstić information content (AvgIpc) is 2.45. The lowest BCUT2D eigenvalue weighted by atomic mass is 10.0. The van der Waals surface area contributed by atoms with Gasteiger partial charge >= 0.3 is 0 Å². The summed E-state index contributed by atoms with van der Waals surface area (Å²) in [6.07, 6.45) is 0. The van der Waals surface area contributed by atoms with Gasteiger partial charge in [-0.2, -0.15) is 5.26 Å². The van der Waals surface area contributed by atoms with Crippen LogP contribution in [0.15, 0.2) is 36.4 Å². The SMILES string of the molecule is Cc1ccc(C(C)C)c(OCc2ccc(C#N)cc2Cl)c1. The van der Waals surface area contributed by atoms with Crippen LogP contribution in [0.3, 0.4) is 0 Å². The van der Waals surface area contributed by atoms with E-state index >= 15 is 0 Å². The highest BCUT2D eigenvalue weighted by molar-refractivity contribution is 6.31. The Bertz CT molecular complexity index is 686. The Balaban J connectivity index is 2.20. The molecule has 0 radical (unpaired) electrons. The first-order chi connectivity index (χ1) is 10.0. The minimum atomic E-state index is 0.397. The van der Waals surface area contributed by atoms with Gasteiger partial charge in [-0.15, -0.1) is 0 Å². The molecule has 0 aliphatic heterocycles. The van der Waals surface area contributed by atoms with Gasteiger partial charge in [0.2, 0.25) is 0 Å². The van der Waals surface area contributed by atoms with Crippen molar-refractivity contribution in [3.05, 3.63) is 63.7 Å². The normalized spacial score (nSPS) is 10.5. The minimum absolute atomic E-state index is 0.397. The largest absolute Gasteiger partial charge is 0.489 e. The zero-order valence-corrected chi connectivity index (χ0v) is 13.2. The summed E-state index contributed by atoms with van der Waals surface area (Å²) in [4.78, 5) is 0. The summed E-state index contributed by atoms with van der Waals surface area (Å²) in [5.74, 6) is 1.29. The summed E-state index contributed by atoms with van der Waals surface area (Å²) in [5.41, 5.74) is 3.79. The molecule has 2 rings (SSSR count). The molecule has 0 unspecified atom stereocenters. The van der Waals surface area contributed by atoms with E-state index in [4.69, 9.17) is 21.6 Å². The van der Waals surface area contributed by atoms with Gasteiger partial charge in [-0.25, -0.2) is 0 Å². The average molecular weight is 300 g/mol. The highest BCUT2D eigenvalue weighted by Gasteiger charge is 2.09. The third-order valence-electron chi connectivity index (χ3n) is 3.36. The van der Waals surface area contributed by atoms with Crippen molar-refractivity contribution < 1.29 is 4.74 Å². The highest BCUT2D eigenvalue weighted by Crippen LogP contribution is 2.29. The van der Waals surface area contributed by atoms with Gasteiger partial charge in [-0.3, -0.25) is 0 Å². The van der Waals surface area contributed by atoms with Crippen molar-refractivity contribution in [2.75, 3.05) is 0 Å². The molecule has 0 fully saturated rings. The summed E-state index contributed by atoms with van der Waals surface area (Å²) < 4.78 is 5.95. The lowest BCUT2D eigenvalue weighted by molar-refractivity contribution is 0.301. The Labute approximate surface area is 130 Å². The lowest BCUT2D eigenvalue weighted by Crippen LogP contribution is -2.01. The van der Waals surface area contributed by atoms with Gasteiger partial charge in [-0.1, -0.05) is 43.6 Å². The molecule has 108 valence electrons. The minimum Gasteiger partial charge on any atom is -0.489 e. The third-order valence-corrected chi connectivity index (χ3v) is 3.71. The van der Waals surface area contributed by atoms with Crippen molar-refractivity contribution in [2.24, 2.45) is 0 Å². The molecular formula is C18H18ClNO. The van der Waals surface area contributed by atoms with Gasteiger partial charge in [0.15, 0.2) is 0 Å². The Kier molecular flexibility index (Phi) is 4.88. The van der Waals surface area contributed by atoms with Crippen molar-refractivity contribution in [1.82, 2.24) is 0 Å². The Morgan fingerprint density at radius 3 is 2.57 bits per heavy atom. The number of hydrogen-bond acceptors (Lipinski definition) is 2. The number of nitrogens with zero attached hydrogens (tertiary/aromatic N) is 1. The van der Waals surface area contributed by atoms with Gasteiger partial charge in [0, 0.05) is 10.6 Å². The Morgan fingerprint density at radius 1 is 1.19 bits per heavy atom. The van der Waals surface area contributed by atoms with Crippen LogP contribution < -0.4 is 4.74 Å². The molecule has 0 atom stereocenters. The standard InChI is InChI=1S/C18H18ClNO/c1-12(2)16-7-4-13(3)8-18(16)21-11-15-6-5-14(10-20)9-17(15)19/h4-9,12H,11H2,1-3H3. The fraction of sp³-hybridized carbons (Fsp3) is 0.278. The molecule has 0 amide bonds. The first-order valence-corrected chi connectivity index (χ1v) is 7.31. The Morgan fingerprint density at radius 2 is 1.95 bits per heavy atom. The molecule has 0 saturated carbocycles. The van der Waals surface area contributed by atoms with E-state index in [1.807, 2.05) is 19.1 Å². The van der Waals surface area contributed by atoms with Crippen LogP contribution in [0.4, 0.5) is 0 Å². The van der Waals surface area contributed by atoms with Crippen LogP contribution in [0.1, 0.15) is 42.0 Å². The third kappa shape index (κ3) is 3.77. The molecule has 0 aliphatic rings. The molecule has 2 nitrogen and oxygen atoms in total. The van der Waals surface area contributed by atoms with Crippen LogP contribution in [0.5, 0.6) is 5.75 Å². The lowest BCUT2D eigenvalue weighted by Gasteiger charge is -2.15. The topological polar surface area (TPSA) is 33.0 Å². The van der Waals surface area contributed by atoms with Gasteiger partial charge in [0.1, 0.15) is 12.4 Å². The van der Waals surface area contributed by atoms with Crippen LogP contribution in [-0.4, -0.2) is 0 Å². The van der Waals surface area contributed by atoms with E-state index in [2.05, 4.69) is 32.0 Å². The molecule has 0 N–H and O–H groups in total. The summed E-state index contributed by atoms with van der Waals surface area (Å²) >= 11 is 6.18. The molecular weight excluding hydrogens is 282 g/mol. The molecule has 0 heterocycles. The van der Waals surface area contributed by atoms with Gasteiger partial charge in [0.25, 0.3) is 0 Å². The van der Waals surface area contributed by atoms with Crippen molar-refractivity contribution in [3.8, 4) is 11.8 Å². The van der Waals surface area contributed by atoms with Crippen LogP contribution in [0.2, 0.25) is 5.02 Å². The van der Waals surface area contributed by atoms with Crippen molar-refractivity contribution in [3.63, 3.8) is 0 Å². The molecule has 2 aromatic rings. The monoisotopic (exact) mass is 299 g/mol. The quantitative estimate of drug-likeness (QED) is 0.775. The van der Waals surface area contributed by atoms with Gasteiger partial charge in [-0.05, 0) is 42.2 Å². The van der Waals surface area contributed by atoms with E-state index < -0.39 is 0 Å². The molecule has 0 aromatic heterocycles. The Hall–Kier alpha value is -1.98.